The minimum atomic E-state index is -3.91. The monoisotopic (exact) mass is 381 g/mol. The molecule has 0 unspecified atom stereocenters. The summed E-state index contributed by atoms with van der Waals surface area (Å²) in [5.41, 5.74) is 0.731. The Morgan fingerprint density at radius 1 is 1.23 bits per heavy atom. The fourth-order valence-electron chi connectivity index (χ4n) is 3.31. The van der Waals surface area contributed by atoms with Gasteiger partial charge in [0.15, 0.2) is 15.9 Å². The summed E-state index contributed by atoms with van der Waals surface area (Å²) in [5, 5.41) is -1.08. The molecule has 2 aliphatic rings. The first-order valence-corrected chi connectivity index (χ1v) is 9.61. The molecule has 0 saturated carbocycles. The fourth-order valence-corrected chi connectivity index (χ4v) is 5.57. The molecule has 9 heteroatoms. The van der Waals surface area contributed by atoms with Gasteiger partial charge in [0.25, 0.3) is 0 Å². The van der Waals surface area contributed by atoms with Gasteiger partial charge in [-0.1, -0.05) is 30.3 Å². The minimum Gasteiger partial charge on any atom is -0.464 e. The lowest BCUT2D eigenvalue weighted by Gasteiger charge is -2.36. The standard InChI is InChI=1S/C17H19NO7S/c1-11(19)25-10-17(2)15(18-13(20)8-14(18)26(17,22)23)16(21)24-9-12-6-4-3-5-7-12/h3-7,14-15H,8-10H2,1-2H3/t14-,15+,17+/m1/s1. The van der Waals surface area contributed by atoms with Crippen molar-refractivity contribution < 1.29 is 32.3 Å². The quantitative estimate of drug-likeness (QED) is 0.537. The summed E-state index contributed by atoms with van der Waals surface area (Å²) in [6.45, 7) is 1.89. The van der Waals surface area contributed by atoms with Crippen LogP contribution in [0, 0.1) is 0 Å². The molecule has 2 saturated heterocycles. The lowest BCUT2D eigenvalue weighted by Crippen LogP contribution is -2.58. The van der Waals surface area contributed by atoms with Gasteiger partial charge in [-0.15, -0.1) is 0 Å². The molecule has 1 aromatic carbocycles. The fraction of sp³-hybridized carbons (Fsp3) is 0.471. The molecule has 0 N–H and O–H groups in total. The second-order valence-electron chi connectivity index (χ2n) is 6.59. The van der Waals surface area contributed by atoms with Gasteiger partial charge in [0.2, 0.25) is 5.91 Å². The molecular weight excluding hydrogens is 362 g/mol. The lowest BCUT2D eigenvalue weighted by atomic mass is 9.97. The molecule has 2 aliphatic heterocycles. The number of β-lactam (4-membered cyclic amide) rings is 1. The van der Waals surface area contributed by atoms with Crippen molar-refractivity contribution in [3.8, 4) is 0 Å². The van der Waals surface area contributed by atoms with E-state index < -0.39 is 50.5 Å². The molecule has 3 atom stereocenters. The van der Waals surface area contributed by atoms with Gasteiger partial charge in [-0.2, -0.15) is 0 Å². The van der Waals surface area contributed by atoms with E-state index in [0.29, 0.717) is 0 Å². The van der Waals surface area contributed by atoms with Crippen LogP contribution in [0.15, 0.2) is 30.3 Å². The molecule has 2 fully saturated rings. The predicted molar refractivity (Wildman–Crippen MR) is 89.2 cm³/mol. The van der Waals surface area contributed by atoms with Gasteiger partial charge >= 0.3 is 11.9 Å². The molecule has 0 radical (unpaired) electrons. The van der Waals surface area contributed by atoms with Crippen molar-refractivity contribution in [3.63, 3.8) is 0 Å². The minimum absolute atomic E-state index is 0.0490. The maximum absolute atomic E-state index is 12.8. The highest BCUT2D eigenvalue weighted by molar-refractivity contribution is 7.94. The summed E-state index contributed by atoms with van der Waals surface area (Å²) in [6.07, 6.45) is -0.180. The number of carbonyl (C=O) groups is 3. The Hall–Kier alpha value is -2.42. The van der Waals surface area contributed by atoms with E-state index in [0.717, 1.165) is 17.4 Å². The average molecular weight is 381 g/mol. The maximum Gasteiger partial charge on any atom is 0.331 e. The van der Waals surface area contributed by atoms with E-state index in [1.807, 2.05) is 6.07 Å². The van der Waals surface area contributed by atoms with Crippen LogP contribution in [0.5, 0.6) is 0 Å². The van der Waals surface area contributed by atoms with Crippen LogP contribution in [-0.2, 0) is 40.3 Å². The molecule has 0 aromatic heterocycles. The second-order valence-corrected chi connectivity index (χ2v) is 9.16. The molecule has 0 aliphatic carbocycles. The normalized spacial score (nSPS) is 28.8. The van der Waals surface area contributed by atoms with Crippen LogP contribution in [0.2, 0.25) is 0 Å². The number of hydrogen-bond acceptors (Lipinski definition) is 7. The molecule has 0 spiro atoms. The van der Waals surface area contributed by atoms with Crippen LogP contribution < -0.4 is 0 Å². The van der Waals surface area contributed by atoms with Gasteiger partial charge in [-0.05, 0) is 12.5 Å². The Kier molecular flexibility index (Phi) is 4.51. The molecule has 0 bridgehead atoms. The van der Waals surface area contributed by atoms with Crippen LogP contribution in [-0.4, -0.2) is 53.9 Å². The first kappa shape index (κ1) is 18.4. The Bertz CT molecular complexity index is 851. The van der Waals surface area contributed by atoms with Crippen LogP contribution in [0.4, 0.5) is 0 Å². The molecule has 8 nitrogen and oxygen atoms in total. The molecule has 3 rings (SSSR count). The van der Waals surface area contributed by atoms with Crippen LogP contribution in [0.25, 0.3) is 0 Å². The number of nitrogens with zero attached hydrogens (tertiary/aromatic N) is 1. The molecular formula is C17H19NO7S. The van der Waals surface area contributed by atoms with Crippen LogP contribution in [0.3, 0.4) is 0 Å². The summed E-state index contributed by atoms with van der Waals surface area (Å²) < 4.78 is 34.1. The lowest BCUT2D eigenvalue weighted by molar-refractivity contribution is -0.164. The molecule has 1 amide bonds. The number of ether oxygens (including phenoxy) is 2. The third-order valence-corrected chi connectivity index (χ3v) is 7.57. The topological polar surface area (TPSA) is 107 Å². The Morgan fingerprint density at radius 2 is 1.88 bits per heavy atom. The number of rotatable bonds is 5. The van der Waals surface area contributed by atoms with Crippen molar-refractivity contribution in [1.29, 1.82) is 0 Å². The highest BCUT2D eigenvalue weighted by Gasteiger charge is 2.70. The summed E-state index contributed by atoms with van der Waals surface area (Å²) in [4.78, 5) is 36.8. The number of carbonyl (C=O) groups excluding carboxylic acids is 3. The summed E-state index contributed by atoms with van der Waals surface area (Å²) in [5.74, 6) is -1.94. The third kappa shape index (κ3) is 2.76. The average Bonchev–Trinajstić information content (AvgIpc) is 2.73. The van der Waals surface area contributed by atoms with Crippen LogP contribution in [0.1, 0.15) is 25.8 Å². The third-order valence-electron chi connectivity index (χ3n) is 4.82. The highest BCUT2D eigenvalue weighted by atomic mass is 32.2. The van der Waals surface area contributed by atoms with Gasteiger partial charge in [0, 0.05) is 6.92 Å². The van der Waals surface area contributed by atoms with Crippen LogP contribution >= 0.6 is 0 Å². The predicted octanol–water partition coefficient (Wildman–Crippen LogP) is 0.407. The first-order valence-electron chi connectivity index (χ1n) is 8.07. The Balaban J connectivity index is 1.86. The van der Waals surface area contributed by atoms with Gasteiger partial charge < -0.3 is 14.4 Å². The van der Waals surface area contributed by atoms with E-state index >= 15 is 0 Å². The zero-order chi connectivity index (χ0) is 19.1. The number of benzene rings is 1. The van der Waals surface area contributed by atoms with Gasteiger partial charge in [-0.3, -0.25) is 9.59 Å². The number of esters is 2. The van der Waals surface area contributed by atoms with E-state index in [1.165, 1.54) is 6.92 Å². The molecule has 2 heterocycles. The molecule has 26 heavy (non-hydrogen) atoms. The highest BCUT2D eigenvalue weighted by Crippen LogP contribution is 2.46. The van der Waals surface area contributed by atoms with Gasteiger partial charge in [-0.25, -0.2) is 13.2 Å². The zero-order valence-electron chi connectivity index (χ0n) is 14.4. The second kappa shape index (κ2) is 6.39. The first-order chi connectivity index (χ1) is 12.2. The van der Waals surface area contributed by atoms with E-state index in [9.17, 15) is 22.8 Å². The van der Waals surface area contributed by atoms with Gasteiger partial charge in [0.1, 0.15) is 23.3 Å². The molecule has 1 aromatic rings. The van der Waals surface area contributed by atoms with Crippen molar-refractivity contribution in [1.82, 2.24) is 4.90 Å². The smallest absolute Gasteiger partial charge is 0.331 e. The van der Waals surface area contributed by atoms with E-state index in [1.54, 1.807) is 24.3 Å². The zero-order valence-corrected chi connectivity index (χ0v) is 15.2. The summed E-state index contributed by atoms with van der Waals surface area (Å²) in [7, 11) is -3.91. The van der Waals surface area contributed by atoms with Gasteiger partial charge in [0.05, 0.1) is 6.42 Å². The largest absolute Gasteiger partial charge is 0.464 e. The number of sulfone groups is 1. The maximum atomic E-state index is 12.8. The Labute approximate surface area is 151 Å². The van der Waals surface area contributed by atoms with Crippen molar-refractivity contribution in [2.75, 3.05) is 6.61 Å². The van der Waals surface area contributed by atoms with Crippen molar-refractivity contribution in [3.05, 3.63) is 35.9 Å². The number of fused-ring (bicyclic) bond motifs is 1. The van der Waals surface area contributed by atoms with Crippen molar-refractivity contribution in [2.24, 2.45) is 0 Å². The van der Waals surface area contributed by atoms with Crippen molar-refractivity contribution >= 4 is 27.7 Å². The SMILES string of the molecule is CC(=O)OC[C@@]1(C)[C@H](C(=O)OCc2ccccc2)N2C(=O)C[C@H]2S1(=O)=O. The Morgan fingerprint density at radius 3 is 2.46 bits per heavy atom. The van der Waals surface area contributed by atoms with E-state index in [4.69, 9.17) is 9.47 Å². The molecule has 140 valence electrons. The van der Waals surface area contributed by atoms with E-state index in [2.05, 4.69) is 0 Å². The summed E-state index contributed by atoms with van der Waals surface area (Å²) in [6, 6.07) is 7.55. The number of amides is 1. The van der Waals surface area contributed by atoms with E-state index in [-0.39, 0.29) is 13.0 Å². The van der Waals surface area contributed by atoms with Crippen molar-refractivity contribution in [2.45, 2.75) is 43.0 Å². The number of hydrogen-bond donors (Lipinski definition) is 0. The summed E-state index contributed by atoms with van der Waals surface area (Å²) >= 11 is 0.